The van der Waals surface area contributed by atoms with E-state index in [-0.39, 0.29) is 28.6 Å². The Balaban J connectivity index is 1.35. The molecule has 36 heavy (non-hydrogen) atoms. The molecule has 0 radical (unpaired) electrons. The highest BCUT2D eigenvalue weighted by atomic mass is 19.2. The fourth-order valence-electron chi connectivity index (χ4n) is 4.80. The molecule has 3 aromatic rings. The van der Waals surface area contributed by atoms with Gasteiger partial charge in [-0.1, -0.05) is 80.6 Å². The van der Waals surface area contributed by atoms with E-state index in [1.165, 1.54) is 25.3 Å². The van der Waals surface area contributed by atoms with Crippen LogP contribution in [0, 0.1) is 24.4 Å². The number of ether oxygens (including phenoxy) is 2. The SMILES string of the molecule is CCCCCCCOc1ccc(C2CCC(c3ccc(-c4ccc(C)cc4)c(F)c3F)OC2)cc1F. The Bertz CT molecular complexity index is 1140. The van der Waals surface area contributed by atoms with Gasteiger partial charge in [-0.05, 0) is 49.4 Å². The van der Waals surface area contributed by atoms with Gasteiger partial charge in [-0.25, -0.2) is 13.2 Å². The van der Waals surface area contributed by atoms with Crippen molar-refractivity contribution in [2.45, 2.75) is 70.8 Å². The second-order valence-corrected chi connectivity index (χ2v) is 9.75. The summed E-state index contributed by atoms with van der Waals surface area (Å²) in [6.45, 7) is 4.96. The van der Waals surface area contributed by atoms with E-state index in [4.69, 9.17) is 9.47 Å². The normalized spacial score (nSPS) is 17.8. The first kappa shape index (κ1) is 26.3. The minimum Gasteiger partial charge on any atom is -0.491 e. The molecule has 0 spiro atoms. The van der Waals surface area contributed by atoms with Crippen LogP contribution in [-0.2, 0) is 4.74 Å². The quantitative estimate of drug-likeness (QED) is 0.261. The lowest BCUT2D eigenvalue weighted by molar-refractivity contribution is 0.0000390. The Morgan fingerprint density at radius 3 is 2.33 bits per heavy atom. The molecule has 1 saturated heterocycles. The Hall–Kier alpha value is -2.79. The highest BCUT2D eigenvalue weighted by Crippen LogP contribution is 2.39. The molecule has 0 saturated carbocycles. The molecule has 1 aliphatic heterocycles. The van der Waals surface area contributed by atoms with Crippen molar-refractivity contribution < 1.29 is 22.6 Å². The zero-order valence-corrected chi connectivity index (χ0v) is 21.2. The van der Waals surface area contributed by atoms with Crippen molar-refractivity contribution in [1.82, 2.24) is 0 Å². The van der Waals surface area contributed by atoms with Crippen LogP contribution in [0.3, 0.4) is 0 Å². The summed E-state index contributed by atoms with van der Waals surface area (Å²) in [7, 11) is 0. The highest BCUT2D eigenvalue weighted by Gasteiger charge is 2.28. The number of halogens is 3. The van der Waals surface area contributed by atoms with Crippen LogP contribution < -0.4 is 4.74 Å². The largest absolute Gasteiger partial charge is 0.491 e. The molecule has 192 valence electrons. The van der Waals surface area contributed by atoms with E-state index < -0.39 is 17.7 Å². The van der Waals surface area contributed by atoms with Gasteiger partial charge in [0.1, 0.15) is 0 Å². The summed E-state index contributed by atoms with van der Waals surface area (Å²) in [6, 6.07) is 15.6. The van der Waals surface area contributed by atoms with Crippen LogP contribution in [0.25, 0.3) is 11.1 Å². The first-order valence-electron chi connectivity index (χ1n) is 13.1. The van der Waals surface area contributed by atoms with Gasteiger partial charge in [0, 0.05) is 17.0 Å². The molecule has 5 heteroatoms. The maximum absolute atomic E-state index is 15.0. The minimum atomic E-state index is -0.862. The summed E-state index contributed by atoms with van der Waals surface area (Å²) in [5.41, 5.74) is 3.00. The molecule has 1 aliphatic rings. The van der Waals surface area contributed by atoms with Crippen LogP contribution in [0.4, 0.5) is 13.2 Å². The van der Waals surface area contributed by atoms with Gasteiger partial charge in [-0.15, -0.1) is 0 Å². The third-order valence-electron chi connectivity index (χ3n) is 7.03. The Morgan fingerprint density at radius 2 is 1.64 bits per heavy atom. The number of aryl methyl sites for hydroxylation is 1. The maximum atomic E-state index is 15.0. The monoisotopic (exact) mass is 496 g/mol. The van der Waals surface area contributed by atoms with E-state index in [0.717, 1.165) is 24.0 Å². The Morgan fingerprint density at radius 1 is 0.861 bits per heavy atom. The van der Waals surface area contributed by atoms with Crippen LogP contribution in [0.15, 0.2) is 54.6 Å². The summed E-state index contributed by atoms with van der Waals surface area (Å²) in [6.07, 6.45) is 6.29. The van der Waals surface area contributed by atoms with Crippen LogP contribution in [0.2, 0.25) is 0 Å². The first-order chi connectivity index (χ1) is 17.5. The van der Waals surface area contributed by atoms with Crippen molar-refractivity contribution >= 4 is 0 Å². The van der Waals surface area contributed by atoms with Crippen molar-refractivity contribution in [1.29, 1.82) is 0 Å². The number of hydrogen-bond acceptors (Lipinski definition) is 2. The van der Waals surface area contributed by atoms with Gasteiger partial charge < -0.3 is 9.47 Å². The molecule has 0 aromatic heterocycles. The number of hydrogen-bond donors (Lipinski definition) is 0. The van der Waals surface area contributed by atoms with E-state index in [1.807, 2.05) is 25.1 Å². The highest BCUT2D eigenvalue weighted by molar-refractivity contribution is 5.65. The summed E-state index contributed by atoms with van der Waals surface area (Å²) in [5.74, 6) is -1.82. The predicted molar refractivity (Wildman–Crippen MR) is 138 cm³/mol. The molecule has 1 heterocycles. The van der Waals surface area contributed by atoms with Crippen molar-refractivity contribution in [2.24, 2.45) is 0 Å². The number of unbranched alkanes of at least 4 members (excludes halogenated alkanes) is 4. The molecule has 0 aliphatic carbocycles. The summed E-state index contributed by atoms with van der Waals surface area (Å²) in [5, 5.41) is 0. The fraction of sp³-hybridized carbons (Fsp3) is 0.419. The second-order valence-electron chi connectivity index (χ2n) is 9.75. The van der Waals surface area contributed by atoms with Crippen molar-refractivity contribution in [3.8, 4) is 16.9 Å². The summed E-state index contributed by atoms with van der Waals surface area (Å²) < 4.78 is 56.1. The summed E-state index contributed by atoms with van der Waals surface area (Å²) >= 11 is 0. The lowest BCUT2D eigenvalue weighted by Gasteiger charge is -2.30. The minimum absolute atomic E-state index is 0.00131. The van der Waals surface area contributed by atoms with E-state index >= 15 is 0 Å². The first-order valence-corrected chi connectivity index (χ1v) is 13.1. The van der Waals surface area contributed by atoms with Crippen LogP contribution in [0.1, 0.15) is 80.6 Å². The molecular formula is C31H35F3O2. The van der Waals surface area contributed by atoms with E-state index in [0.29, 0.717) is 31.6 Å². The smallest absolute Gasteiger partial charge is 0.167 e. The topological polar surface area (TPSA) is 18.5 Å². The van der Waals surface area contributed by atoms with Gasteiger partial charge in [0.15, 0.2) is 23.2 Å². The van der Waals surface area contributed by atoms with Crippen LogP contribution in [-0.4, -0.2) is 13.2 Å². The second kappa shape index (κ2) is 12.4. The summed E-state index contributed by atoms with van der Waals surface area (Å²) in [4.78, 5) is 0. The lowest BCUT2D eigenvalue weighted by Crippen LogP contribution is -2.20. The molecule has 2 unspecified atom stereocenters. The Kier molecular flexibility index (Phi) is 9.08. The molecule has 0 amide bonds. The number of rotatable bonds is 10. The van der Waals surface area contributed by atoms with Crippen LogP contribution >= 0.6 is 0 Å². The van der Waals surface area contributed by atoms with Gasteiger partial charge in [-0.3, -0.25) is 0 Å². The molecule has 1 fully saturated rings. The van der Waals surface area contributed by atoms with E-state index in [2.05, 4.69) is 6.92 Å². The average Bonchev–Trinajstić information content (AvgIpc) is 2.89. The molecular weight excluding hydrogens is 461 g/mol. The van der Waals surface area contributed by atoms with Crippen molar-refractivity contribution in [3.05, 3.63) is 88.7 Å². The third kappa shape index (κ3) is 6.31. The maximum Gasteiger partial charge on any atom is 0.167 e. The van der Waals surface area contributed by atoms with Crippen molar-refractivity contribution in [3.63, 3.8) is 0 Å². The average molecular weight is 497 g/mol. The van der Waals surface area contributed by atoms with Gasteiger partial charge >= 0.3 is 0 Å². The fourth-order valence-corrected chi connectivity index (χ4v) is 4.80. The predicted octanol–water partition coefficient (Wildman–Crippen LogP) is 9.06. The van der Waals surface area contributed by atoms with Crippen LogP contribution in [0.5, 0.6) is 5.75 Å². The zero-order valence-electron chi connectivity index (χ0n) is 21.2. The zero-order chi connectivity index (χ0) is 25.5. The molecule has 0 N–H and O–H groups in total. The lowest BCUT2D eigenvalue weighted by atomic mass is 9.88. The standard InChI is InChI=1S/C31H35F3O2/c1-3-4-5-6-7-18-35-29-17-12-23(19-27(29)32)24-13-16-28(36-20-24)26-15-14-25(30(33)31(26)34)22-10-8-21(2)9-11-22/h8-12,14-15,17,19,24,28H,3-7,13,16,18,20H2,1-2H3. The third-order valence-corrected chi connectivity index (χ3v) is 7.03. The van der Waals surface area contributed by atoms with E-state index in [9.17, 15) is 13.2 Å². The number of benzene rings is 3. The molecule has 3 aromatic carbocycles. The molecule has 0 bridgehead atoms. The van der Waals surface area contributed by atoms with Gasteiger partial charge in [0.05, 0.1) is 19.3 Å². The van der Waals surface area contributed by atoms with E-state index in [1.54, 1.807) is 30.3 Å². The molecule has 2 atom stereocenters. The van der Waals surface area contributed by atoms with Crippen molar-refractivity contribution in [2.75, 3.05) is 13.2 Å². The van der Waals surface area contributed by atoms with Gasteiger partial charge in [0.25, 0.3) is 0 Å². The van der Waals surface area contributed by atoms with Gasteiger partial charge in [0.2, 0.25) is 0 Å². The molecule has 2 nitrogen and oxygen atoms in total. The molecule has 4 rings (SSSR count). The van der Waals surface area contributed by atoms with Gasteiger partial charge in [-0.2, -0.15) is 0 Å². The Labute approximate surface area is 212 Å².